The first-order chi connectivity index (χ1) is 9.19. The molecule has 0 radical (unpaired) electrons. The van der Waals surface area contributed by atoms with Gasteiger partial charge in [0.05, 0.1) is 6.61 Å². The maximum Gasteiger partial charge on any atom is 0.126 e. The molecule has 1 N–H and O–H groups in total. The zero-order valence-corrected chi connectivity index (χ0v) is 11.3. The maximum absolute atomic E-state index is 13.2. The van der Waals surface area contributed by atoms with E-state index in [0.717, 1.165) is 38.7 Å². The Kier molecular flexibility index (Phi) is 5.28. The van der Waals surface area contributed by atoms with Gasteiger partial charge in [0.2, 0.25) is 0 Å². The summed E-state index contributed by atoms with van der Waals surface area (Å²) in [5.74, 6) is -0.586. The van der Waals surface area contributed by atoms with Gasteiger partial charge in [0, 0.05) is 24.6 Å². The van der Waals surface area contributed by atoms with Crippen molar-refractivity contribution in [3.05, 3.63) is 35.4 Å². The molecule has 1 fully saturated rings. The Bertz CT molecular complexity index is 385. The molecule has 0 amide bonds. The fourth-order valence-electron chi connectivity index (χ4n) is 2.59. The highest BCUT2D eigenvalue weighted by molar-refractivity contribution is 5.19. The standard InChI is InChI=1S/C15H21F2NO/c1-2-4-18-15(12-3-5-19-10-12)8-11-6-13(16)9-14(17)7-11/h6-7,9,12,15,18H,2-5,8,10H2,1H3. The summed E-state index contributed by atoms with van der Waals surface area (Å²) in [7, 11) is 0. The molecule has 1 heterocycles. The third-order valence-corrected chi connectivity index (χ3v) is 3.57. The minimum atomic E-state index is -0.507. The second kappa shape index (κ2) is 6.96. The molecule has 0 bridgehead atoms. The molecule has 1 aromatic carbocycles. The van der Waals surface area contributed by atoms with E-state index in [9.17, 15) is 8.78 Å². The van der Waals surface area contributed by atoms with E-state index in [4.69, 9.17) is 4.74 Å². The predicted octanol–water partition coefficient (Wildman–Crippen LogP) is 2.91. The van der Waals surface area contributed by atoms with Crippen LogP contribution in [0.1, 0.15) is 25.3 Å². The minimum Gasteiger partial charge on any atom is -0.381 e. The summed E-state index contributed by atoms with van der Waals surface area (Å²) in [5, 5.41) is 3.47. The molecule has 0 aromatic heterocycles. The second-order valence-corrected chi connectivity index (χ2v) is 5.17. The van der Waals surface area contributed by atoms with Crippen molar-refractivity contribution in [3.63, 3.8) is 0 Å². The van der Waals surface area contributed by atoms with E-state index in [-0.39, 0.29) is 6.04 Å². The molecule has 2 atom stereocenters. The molecule has 19 heavy (non-hydrogen) atoms. The molecule has 1 aliphatic heterocycles. The molecule has 2 nitrogen and oxygen atoms in total. The number of rotatable bonds is 6. The normalized spacial score (nSPS) is 20.7. The summed E-state index contributed by atoms with van der Waals surface area (Å²) < 4.78 is 31.9. The maximum atomic E-state index is 13.2. The Morgan fingerprint density at radius 2 is 2.05 bits per heavy atom. The number of ether oxygens (including phenoxy) is 1. The summed E-state index contributed by atoms with van der Waals surface area (Å²) in [6, 6.07) is 3.97. The Balaban J connectivity index is 2.05. The van der Waals surface area contributed by atoms with Gasteiger partial charge >= 0.3 is 0 Å². The Hall–Kier alpha value is -1.00. The molecule has 2 rings (SSSR count). The van der Waals surface area contributed by atoms with Crippen molar-refractivity contribution < 1.29 is 13.5 Å². The fourth-order valence-corrected chi connectivity index (χ4v) is 2.59. The van der Waals surface area contributed by atoms with E-state index in [1.165, 1.54) is 12.1 Å². The van der Waals surface area contributed by atoms with Crippen LogP contribution in [0.5, 0.6) is 0 Å². The number of halogens is 2. The van der Waals surface area contributed by atoms with Gasteiger partial charge in [-0.05, 0) is 43.5 Å². The third-order valence-electron chi connectivity index (χ3n) is 3.57. The Morgan fingerprint density at radius 3 is 2.63 bits per heavy atom. The van der Waals surface area contributed by atoms with Gasteiger partial charge < -0.3 is 10.1 Å². The van der Waals surface area contributed by atoms with Crippen LogP contribution in [0.3, 0.4) is 0 Å². The lowest BCUT2D eigenvalue weighted by Crippen LogP contribution is -2.39. The van der Waals surface area contributed by atoms with Crippen LogP contribution in [0.2, 0.25) is 0 Å². The number of benzene rings is 1. The highest BCUT2D eigenvalue weighted by atomic mass is 19.1. The van der Waals surface area contributed by atoms with Crippen molar-refractivity contribution in [1.29, 1.82) is 0 Å². The average Bonchev–Trinajstić information content (AvgIpc) is 2.87. The van der Waals surface area contributed by atoms with Crippen molar-refractivity contribution >= 4 is 0 Å². The van der Waals surface area contributed by atoms with Gasteiger partial charge in [-0.15, -0.1) is 0 Å². The zero-order valence-electron chi connectivity index (χ0n) is 11.3. The molecule has 0 aliphatic carbocycles. The van der Waals surface area contributed by atoms with E-state index in [2.05, 4.69) is 12.2 Å². The molecule has 0 spiro atoms. The van der Waals surface area contributed by atoms with Gasteiger partial charge in [0.1, 0.15) is 11.6 Å². The minimum absolute atomic E-state index is 0.226. The molecule has 4 heteroatoms. The molecule has 0 saturated carbocycles. The van der Waals surface area contributed by atoms with E-state index in [1.54, 1.807) is 0 Å². The monoisotopic (exact) mass is 269 g/mol. The zero-order chi connectivity index (χ0) is 13.7. The van der Waals surface area contributed by atoms with Crippen molar-refractivity contribution in [1.82, 2.24) is 5.32 Å². The SMILES string of the molecule is CCCNC(Cc1cc(F)cc(F)c1)C1CCOC1. The van der Waals surface area contributed by atoms with E-state index < -0.39 is 11.6 Å². The highest BCUT2D eigenvalue weighted by Crippen LogP contribution is 2.21. The predicted molar refractivity (Wildman–Crippen MR) is 71.1 cm³/mol. The van der Waals surface area contributed by atoms with Crippen LogP contribution in [0.15, 0.2) is 18.2 Å². The summed E-state index contributed by atoms with van der Waals surface area (Å²) in [4.78, 5) is 0. The van der Waals surface area contributed by atoms with Crippen LogP contribution in [-0.2, 0) is 11.2 Å². The molecular weight excluding hydrogens is 248 g/mol. The highest BCUT2D eigenvalue weighted by Gasteiger charge is 2.25. The number of hydrogen-bond donors (Lipinski definition) is 1. The molecular formula is C15H21F2NO. The Labute approximate surface area is 113 Å². The lowest BCUT2D eigenvalue weighted by Gasteiger charge is -2.24. The summed E-state index contributed by atoms with van der Waals surface area (Å²) in [5.41, 5.74) is 0.706. The van der Waals surface area contributed by atoms with Crippen molar-refractivity contribution in [2.75, 3.05) is 19.8 Å². The van der Waals surface area contributed by atoms with Crippen LogP contribution in [0.4, 0.5) is 8.78 Å². The Morgan fingerprint density at radius 1 is 1.32 bits per heavy atom. The molecule has 1 aliphatic rings. The molecule has 1 aromatic rings. The van der Waals surface area contributed by atoms with Gasteiger partial charge in [-0.25, -0.2) is 8.78 Å². The summed E-state index contributed by atoms with van der Waals surface area (Å²) >= 11 is 0. The first-order valence-electron chi connectivity index (χ1n) is 6.95. The average molecular weight is 269 g/mol. The van der Waals surface area contributed by atoms with Gasteiger partial charge in [-0.3, -0.25) is 0 Å². The largest absolute Gasteiger partial charge is 0.381 e. The van der Waals surface area contributed by atoms with E-state index in [1.807, 2.05) is 0 Å². The van der Waals surface area contributed by atoms with Crippen LogP contribution in [0.25, 0.3) is 0 Å². The van der Waals surface area contributed by atoms with Crippen LogP contribution in [0, 0.1) is 17.6 Å². The van der Waals surface area contributed by atoms with Gasteiger partial charge in [0.25, 0.3) is 0 Å². The van der Waals surface area contributed by atoms with Crippen LogP contribution < -0.4 is 5.32 Å². The quantitative estimate of drug-likeness (QED) is 0.857. The molecule has 2 unspecified atom stereocenters. The third kappa shape index (κ3) is 4.25. The number of hydrogen-bond acceptors (Lipinski definition) is 2. The van der Waals surface area contributed by atoms with E-state index in [0.29, 0.717) is 17.9 Å². The van der Waals surface area contributed by atoms with Gasteiger partial charge in [0.15, 0.2) is 0 Å². The lowest BCUT2D eigenvalue weighted by molar-refractivity contribution is 0.176. The van der Waals surface area contributed by atoms with Crippen molar-refractivity contribution in [3.8, 4) is 0 Å². The topological polar surface area (TPSA) is 21.3 Å². The summed E-state index contributed by atoms with van der Waals surface area (Å²) in [6.45, 7) is 4.54. The molecule has 106 valence electrons. The van der Waals surface area contributed by atoms with Crippen molar-refractivity contribution in [2.45, 2.75) is 32.2 Å². The first kappa shape index (κ1) is 14.4. The van der Waals surface area contributed by atoms with Gasteiger partial charge in [-0.1, -0.05) is 6.92 Å². The molecule has 1 saturated heterocycles. The van der Waals surface area contributed by atoms with Crippen LogP contribution >= 0.6 is 0 Å². The van der Waals surface area contributed by atoms with Crippen molar-refractivity contribution in [2.24, 2.45) is 5.92 Å². The number of nitrogens with one attached hydrogen (secondary N) is 1. The first-order valence-corrected chi connectivity index (χ1v) is 6.95. The van der Waals surface area contributed by atoms with Gasteiger partial charge in [-0.2, -0.15) is 0 Å². The van der Waals surface area contributed by atoms with E-state index >= 15 is 0 Å². The second-order valence-electron chi connectivity index (χ2n) is 5.17. The fraction of sp³-hybridized carbons (Fsp3) is 0.600. The smallest absolute Gasteiger partial charge is 0.126 e. The lowest BCUT2D eigenvalue weighted by atomic mass is 9.92. The van der Waals surface area contributed by atoms with Crippen LogP contribution in [-0.4, -0.2) is 25.8 Å². The summed E-state index contributed by atoms with van der Waals surface area (Å²) in [6.07, 6.45) is 2.70.